The SMILES string of the molecule is CNc1ccncc1C(=O)NC(C)c1ncc(C)s1. The van der Waals surface area contributed by atoms with Gasteiger partial charge in [-0.25, -0.2) is 4.98 Å². The molecule has 0 bridgehead atoms. The molecule has 0 aromatic carbocycles. The molecule has 2 aromatic heterocycles. The second-order valence-electron chi connectivity index (χ2n) is 4.18. The molecular formula is C13H16N4OS. The summed E-state index contributed by atoms with van der Waals surface area (Å²) in [6, 6.07) is 1.66. The van der Waals surface area contributed by atoms with E-state index in [1.54, 1.807) is 36.8 Å². The molecule has 0 aliphatic heterocycles. The molecule has 0 spiro atoms. The highest BCUT2D eigenvalue weighted by Gasteiger charge is 2.16. The minimum absolute atomic E-state index is 0.115. The monoisotopic (exact) mass is 276 g/mol. The van der Waals surface area contributed by atoms with Gasteiger partial charge in [-0.2, -0.15) is 0 Å². The summed E-state index contributed by atoms with van der Waals surface area (Å²) in [6.07, 6.45) is 5.02. The third-order valence-corrected chi connectivity index (χ3v) is 3.79. The molecule has 2 heterocycles. The van der Waals surface area contributed by atoms with Crippen LogP contribution in [0.25, 0.3) is 0 Å². The van der Waals surface area contributed by atoms with Crippen molar-refractivity contribution in [2.75, 3.05) is 12.4 Å². The highest BCUT2D eigenvalue weighted by atomic mass is 32.1. The van der Waals surface area contributed by atoms with E-state index in [-0.39, 0.29) is 11.9 Å². The quantitative estimate of drug-likeness (QED) is 0.899. The number of aromatic nitrogens is 2. The van der Waals surface area contributed by atoms with Crippen LogP contribution >= 0.6 is 11.3 Å². The summed E-state index contributed by atoms with van der Waals surface area (Å²) < 4.78 is 0. The maximum Gasteiger partial charge on any atom is 0.255 e. The van der Waals surface area contributed by atoms with Crippen molar-refractivity contribution in [3.63, 3.8) is 0 Å². The fraction of sp³-hybridized carbons (Fsp3) is 0.308. The number of carbonyl (C=O) groups excluding carboxylic acids is 1. The van der Waals surface area contributed by atoms with Gasteiger partial charge in [-0.1, -0.05) is 0 Å². The highest BCUT2D eigenvalue weighted by Crippen LogP contribution is 2.20. The van der Waals surface area contributed by atoms with Crippen LogP contribution in [0.5, 0.6) is 0 Å². The lowest BCUT2D eigenvalue weighted by atomic mass is 10.2. The average molecular weight is 276 g/mol. The molecule has 2 N–H and O–H groups in total. The third-order valence-electron chi connectivity index (χ3n) is 2.69. The fourth-order valence-corrected chi connectivity index (χ4v) is 2.48. The number of amides is 1. The molecule has 6 heteroatoms. The van der Waals surface area contributed by atoms with Gasteiger partial charge in [-0.3, -0.25) is 9.78 Å². The summed E-state index contributed by atoms with van der Waals surface area (Å²) in [5.74, 6) is -0.155. The fourth-order valence-electron chi connectivity index (χ4n) is 1.70. The second kappa shape index (κ2) is 5.79. The van der Waals surface area contributed by atoms with Crippen molar-refractivity contribution in [3.8, 4) is 0 Å². The first-order valence-corrected chi connectivity index (χ1v) is 6.78. The third kappa shape index (κ3) is 3.08. The highest BCUT2D eigenvalue weighted by molar-refractivity contribution is 7.11. The van der Waals surface area contributed by atoms with Gasteiger partial charge < -0.3 is 10.6 Å². The van der Waals surface area contributed by atoms with Gasteiger partial charge in [0.1, 0.15) is 5.01 Å². The van der Waals surface area contributed by atoms with Crippen molar-refractivity contribution >= 4 is 22.9 Å². The Labute approximate surface area is 116 Å². The van der Waals surface area contributed by atoms with E-state index < -0.39 is 0 Å². The Morgan fingerprint density at radius 2 is 2.21 bits per heavy atom. The number of aryl methyl sites for hydroxylation is 1. The molecule has 19 heavy (non-hydrogen) atoms. The van der Waals surface area contributed by atoms with E-state index >= 15 is 0 Å². The molecule has 0 saturated carbocycles. The van der Waals surface area contributed by atoms with Crippen LogP contribution in [0.1, 0.15) is 33.2 Å². The molecule has 1 atom stereocenters. The predicted octanol–water partition coefficient (Wildman–Crippen LogP) is 2.38. The zero-order valence-corrected chi connectivity index (χ0v) is 11.9. The first kappa shape index (κ1) is 13.5. The molecule has 0 radical (unpaired) electrons. The van der Waals surface area contributed by atoms with Gasteiger partial charge in [0, 0.05) is 36.2 Å². The molecule has 1 amide bonds. The van der Waals surface area contributed by atoms with Crippen molar-refractivity contribution < 1.29 is 4.79 Å². The lowest BCUT2D eigenvalue weighted by Gasteiger charge is -2.13. The lowest BCUT2D eigenvalue weighted by molar-refractivity contribution is 0.0940. The summed E-state index contributed by atoms with van der Waals surface area (Å²) >= 11 is 1.59. The minimum Gasteiger partial charge on any atom is -0.387 e. The number of hydrogen-bond donors (Lipinski definition) is 2. The molecular weight excluding hydrogens is 260 g/mol. The number of nitrogens with zero attached hydrogens (tertiary/aromatic N) is 2. The number of nitrogens with one attached hydrogen (secondary N) is 2. The van der Waals surface area contributed by atoms with E-state index in [0.29, 0.717) is 5.56 Å². The van der Waals surface area contributed by atoms with E-state index in [9.17, 15) is 4.79 Å². The molecule has 0 fully saturated rings. The number of carbonyl (C=O) groups is 1. The lowest BCUT2D eigenvalue weighted by Crippen LogP contribution is -2.27. The van der Waals surface area contributed by atoms with E-state index in [1.165, 1.54) is 0 Å². The van der Waals surface area contributed by atoms with Gasteiger partial charge in [0.2, 0.25) is 0 Å². The van der Waals surface area contributed by atoms with Crippen LogP contribution in [0.3, 0.4) is 0 Å². The van der Waals surface area contributed by atoms with E-state index in [1.807, 2.05) is 20.0 Å². The van der Waals surface area contributed by atoms with Crippen LogP contribution in [0, 0.1) is 6.92 Å². The predicted molar refractivity (Wildman–Crippen MR) is 76.5 cm³/mol. The number of anilines is 1. The molecule has 5 nitrogen and oxygen atoms in total. The van der Waals surface area contributed by atoms with E-state index in [4.69, 9.17) is 0 Å². The summed E-state index contributed by atoms with van der Waals surface area (Å²) in [5.41, 5.74) is 1.29. The van der Waals surface area contributed by atoms with Crippen molar-refractivity contribution in [1.29, 1.82) is 0 Å². The topological polar surface area (TPSA) is 66.9 Å². The van der Waals surface area contributed by atoms with Crippen LogP contribution in [0.15, 0.2) is 24.7 Å². The van der Waals surface area contributed by atoms with Crippen LogP contribution in [-0.4, -0.2) is 22.9 Å². The summed E-state index contributed by atoms with van der Waals surface area (Å²) in [4.78, 5) is 21.6. The second-order valence-corrected chi connectivity index (χ2v) is 5.44. The zero-order chi connectivity index (χ0) is 13.8. The molecule has 1 unspecified atom stereocenters. The Morgan fingerprint density at radius 1 is 1.42 bits per heavy atom. The Balaban J connectivity index is 2.12. The van der Waals surface area contributed by atoms with E-state index in [2.05, 4.69) is 20.6 Å². The molecule has 2 rings (SSSR count). The largest absolute Gasteiger partial charge is 0.387 e. The van der Waals surface area contributed by atoms with Crippen LogP contribution in [-0.2, 0) is 0 Å². The van der Waals surface area contributed by atoms with Crippen LogP contribution in [0.4, 0.5) is 5.69 Å². The summed E-state index contributed by atoms with van der Waals surface area (Å²) in [5, 5.41) is 6.81. The van der Waals surface area contributed by atoms with Gasteiger partial charge in [0.15, 0.2) is 0 Å². The minimum atomic E-state index is -0.155. The zero-order valence-electron chi connectivity index (χ0n) is 11.1. The van der Waals surface area contributed by atoms with Crippen molar-refractivity contribution in [2.24, 2.45) is 0 Å². The van der Waals surface area contributed by atoms with Crippen molar-refractivity contribution in [3.05, 3.63) is 40.1 Å². The van der Waals surface area contributed by atoms with Crippen molar-refractivity contribution in [2.45, 2.75) is 19.9 Å². The van der Waals surface area contributed by atoms with Crippen LogP contribution < -0.4 is 10.6 Å². The molecule has 0 saturated heterocycles. The van der Waals surface area contributed by atoms with E-state index in [0.717, 1.165) is 15.6 Å². The Kier molecular flexibility index (Phi) is 4.11. The first-order chi connectivity index (χ1) is 9.11. The van der Waals surface area contributed by atoms with Gasteiger partial charge in [0.25, 0.3) is 5.91 Å². The van der Waals surface area contributed by atoms with Gasteiger partial charge in [-0.05, 0) is 19.9 Å². The number of pyridine rings is 1. The van der Waals surface area contributed by atoms with Crippen LogP contribution in [0.2, 0.25) is 0 Å². The van der Waals surface area contributed by atoms with Gasteiger partial charge in [0.05, 0.1) is 11.6 Å². The number of thiazole rings is 1. The Hall–Kier alpha value is -1.95. The maximum absolute atomic E-state index is 12.2. The number of rotatable bonds is 4. The Bertz CT molecular complexity index is 582. The Morgan fingerprint density at radius 3 is 2.84 bits per heavy atom. The standard InChI is InChI=1S/C13H16N4OS/c1-8-6-16-13(19-8)9(2)17-12(18)10-7-15-5-4-11(10)14-3/h4-7,9H,1-3H3,(H,14,15)(H,17,18). The number of hydrogen-bond acceptors (Lipinski definition) is 5. The molecule has 0 aliphatic rings. The molecule has 2 aromatic rings. The maximum atomic E-state index is 12.2. The molecule has 100 valence electrons. The van der Waals surface area contributed by atoms with Gasteiger partial charge >= 0.3 is 0 Å². The average Bonchev–Trinajstić information content (AvgIpc) is 2.85. The van der Waals surface area contributed by atoms with Gasteiger partial charge in [-0.15, -0.1) is 11.3 Å². The van der Waals surface area contributed by atoms with Crippen molar-refractivity contribution in [1.82, 2.24) is 15.3 Å². The molecule has 0 aliphatic carbocycles. The summed E-state index contributed by atoms with van der Waals surface area (Å²) in [6.45, 7) is 3.92. The smallest absolute Gasteiger partial charge is 0.255 e. The first-order valence-electron chi connectivity index (χ1n) is 5.96. The normalized spacial score (nSPS) is 11.9. The summed E-state index contributed by atoms with van der Waals surface area (Å²) in [7, 11) is 1.78.